The van der Waals surface area contributed by atoms with Gasteiger partial charge < -0.3 is 4.52 Å². The third-order valence-electron chi connectivity index (χ3n) is 4.66. The van der Waals surface area contributed by atoms with E-state index in [1.54, 1.807) is 17.4 Å². The fraction of sp³-hybridized carbons (Fsp3) is 0.333. The van der Waals surface area contributed by atoms with Crippen molar-refractivity contribution in [3.63, 3.8) is 0 Å². The highest BCUT2D eigenvalue weighted by Crippen LogP contribution is 2.34. The molecule has 0 saturated heterocycles. The van der Waals surface area contributed by atoms with Crippen molar-refractivity contribution in [2.24, 2.45) is 0 Å². The van der Waals surface area contributed by atoms with E-state index in [2.05, 4.69) is 33.4 Å². The lowest BCUT2D eigenvalue weighted by molar-refractivity contribution is -0.137. The van der Waals surface area contributed by atoms with Crippen LogP contribution in [0.3, 0.4) is 0 Å². The minimum atomic E-state index is -4.40. The van der Waals surface area contributed by atoms with E-state index < -0.39 is 11.7 Å². The van der Waals surface area contributed by atoms with Crippen LogP contribution in [-0.4, -0.2) is 21.6 Å². The van der Waals surface area contributed by atoms with E-state index in [-0.39, 0.29) is 11.9 Å². The lowest BCUT2D eigenvalue weighted by atomic mass is 10.0. The lowest BCUT2D eigenvalue weighted by Crippen LogP contribution is -2.32. The molecule has 0 fully saturated rings. The van der Waals surface area contributed by atoms with E-state index in [0.29, 0.717) is 18.0 Å². The smallest absolute Gasteiger partial charge is 0.338 e. The number of thiophene rings is 1. The van der Waals surface area contributed by atoms with E-state index in [1.165, 1.54) is 16.5 Å². The van der Waals surface area contributed by atoms with Gasteiger partial charge in [-0.15, -0.1) is 11.3 Å². The van der Waals surface area contributed by atoms with Gasteiger partial charge in [0, 0.05) is 23.0 Å². The van der Waals surface area contributed by atoms with Crippen molar-refractivity contribution < 1.29 is 17.7 Å². The maximum atomic E-state index is 12.9. The highest BCUT2D eigenvalue weighted by molar-refractivity contribution is 7.10. The van der Waals surface area contributed by atoms with Gasteiger partial charge >= 0.3 is 6.18 Å². The minimum absolute atomic E-state index is 0.173. The molecule has 8 heteroatoms. The zero-order valence-electron chi connectivity index (χ0n) is 14.0. The molecule has 26 heavy (non-hydrogen) atoms. The Labute approximate surface area is 152 Å². The molecule has 0 amide bonds. The lowest BCUT2D eigenvalue weighted by Gasteiger charge is -2.32. The third kappa shape index (κ3) is 3.26. The molecular weight excluding hydrogens is 363 g/mol. The van der Waals surface area contributed by atoms with E-state index in [4.69, 9.17) is 4.52 Å². The van der Waals surface area contributed by atoms with Gasteiger partial charge in [-0.1, -0.05) is 17.3 Å². The highest BCUT2D eigenvalue weighted by Gasteiger charge is 2.31. The first-order valence-corrected chi connectivity index (χ1v) is 9.10. The Bertz CT molecular complexity index is 918. The third-order valence-corrected chi connectivity index (χ3v) is 5.65. The van der Waals surface area contributed by atoms with Crippen molar-refractivity contribution in [1.82, 2.24) is 15.0 Å². The first-order valence-electron chi connectivity index (χ1n) is 8.22. The number of hydrogen-bond acceptors (Lipinski definition) is 5. The van der Waals surface area contributed by atoms with Crippen molar-refractivity contribution in [2.45, 2.75) is 32.1 Å². The van der Waals surface area contributed by atoms with Crippen LogP contribution in [0.4, 0.5) is 13.2 Å². The van der Waals surface area contributed by atoms with Gasteiger partial charge in [0.15, 0.2) is 0 Å². The molecule has 0 bridgehead atoms. The fourth-order valence-corrected chi connectivity index (χ4v) is 4.18. The van der Waals surface area contributed by atoms with Gasteiger partial charge in [-0.25, -0.2) is 0 Å². The van der Waals surface area contributed by atoms with Crippen LogP contribution in [0.2, 0.25) is 0 Å². The van der Waals surface area contributed by atoms with E-state index in [0.717, 1.165) is 25.1 Å². The van der Waals surface area contributed by atoms with E-state index >= 15 is 0 Å². The molecule has 4 rings (SSSR count). The summed E-state index contributed by atoms with van der Waals surface area (Å²) in [6, 6.07) is 7.34. The van der Waals surface area contributed by atoms with Crippen LogP contribution in [0.1, 0.15) is 34.9 Å². The topological polar surface area (TPSA) is 42.2 Å². The van der Waals surface area contributed by atoms with E-state index in [1.807, 2.05) is 0 Å². The number of fused-ring (bicyclic) bond motifs is 1. The predicted molar refractivity (Wildman–Crippen MR) is 91.6 cm³/mol. The molecule has 4 nitrogen and oxygen atoms in total. The van der Waals surface area contributed by atoms with Crippen LogP contribution in [0, 0.1) is 0 Å². The van der Waals surface area contributed by atoms with Crippen LogP contribution in [-0.2, 0) is 19.1 Å². The molecule has 3 aromatic rings. The Morgan fingerprint density at radius 2 is 2.15 bits per heavy atom. The molecule has 0 aliphatic carbocycles. The summed E-state index contributed by atoms with van der Waals surface area (Å²) < 4.78 is 43.9. The van der Waals surface area contributed by atoms with Crippen molar-refractivity contribution >= 4 is 11.3 Å². The molecule has 1 aliphatic rings. The Morgan fingerprint density at radius 3 is 2.96 bits per heavy atom. The number of alkyl halides is 3. The summed E-state index contributed by atoms with van der Waals surface area (Å²) in [5.74, 6) is 0.579. The molecule has 1 atom stereocenters. The summed E-state index contributed by atoms with van der Waals surface area (Å²) in [7, 11) is 0. The monoisotopic (exact) mass is 379 g/mol. The average Bonchev–Trinajstić information content (AvgIpc) is 3.26. The second-order valence-corrected chi connectivity index (χ2v) is 7.29. The number of rotatable bonds is 3. The zero-order chi connectivity index (χ0) is 18.3. The van der Waals surface area contributed by atoms with Gasteiger partial charge in [0.05, 0.1) is 12.1 Å². The van der Waals surface area contributed by atoms with Gasteiger partial charge in [0.25, 0.3) is 0 Å². The molecule has 1 aliphatic heterocycles. The molecular formula is C18H16F3N3OS. The first kappa shape index (κ1) is 17.2. The van der Waals surface area contributed by atoms with Crippen molar-refractivity contribution in [3.8, 4) is 11.4 Å². The molecule has 0 unspecified atom stereocenters. The quantitative estimate of drug-likeness (QED) is 0.647. The van der Waals surface area contributed by atoms with Crippen LogP contribution in [0.5, 0.6) is 0 Å². The zero-order valence-corrected chi connectivity index (χ0v) is 14.8. The number of aromatic nitrogens is 2. The summed E-state index contributed by atoms with van der Waals surface area (Å²) in [6.45, 7) is 3.49. The van der Waals surface area contributed by atoms with Gasteiger partial charge in [-0.3, -0.25) is 4.90 Å². The molecule has 2 aromatic heterocycles. The number of benzene rings is 1. The van der Waals surface area contributed by atoms with Gasteiger partial charge in [0.2, 0.25) is 11.7 Å². The second-order valence-electron chi connectivity index (χ2n) is 6.29. The van der Waals surface area contributed by atoms with Crippen molar-refractivity contribution in [2.75, 3.05) is 6.54 Å². The van der Waals surface area contributed by atoms with Crippen LogP contribution in [0.25, 0.3) is 11.4 Å². The summed E-state index contributed by atoms with van der Waals surface area (Å²) in [5.41, 5.74) is 0.886. The maximum absolute atomic E-state index is 12.9. The molecule has 1 aromatic carbocycles. The van der Waals surface area contributed by atoms with Gasteiger partial charge in [-0.05, 0) is 42.5 Å². The number of hydrogen-bond donors (Lipinski definition) is 0. The normalized spacial score (nSPS) is 18.1. The number of nitrogens with zero attached hydrogens (tertiary/aromatic N) is 3. The number of halogens is 3. The van der Waals surface area contributed by atoms with Crippen molar-refractivity contribution in [3.05, 3.63) is 57.6 Å². The molecule has 0 spiro atoms. The van der Waals surface area contributed by atoms with Crippen LogP contribution < -0.4 is 0 Å². The summed E-state index contributed by atoms with van der Waals surface area (Å²) in [6.07, 6.45) is -3.42. The molecule has 0 N–H and O–H groups in total. The van der Waals surface area contributed by atoms with E-state index in [9.17, 15) is 13.2 Å². The minimum Gasteiger partial charge on any atom is -0.338 e. The summed E-state index contributed by atoms with van der Waals surface area (Å²) >= 11 is 1.77. The molecule has 0 radical (unpaired) electrons. The summed E-state index contributed by atoms with van der Waals surface area (Å²) in [4.78, 5) is 7.93. The Balaban J connectivity index is 1.52. The maximum Gasteiger partial charge on any atom is 0.416 e. The molecule has 136 valence electrons. The largest absolute Gasteiger partial charge is 0.416 e. The Kier molecular flexibility index (Phi) is 4.32. The average molecular weight is 379 g/mol. The Hall–Kier alpha value is -2.19. The summed E-state index contributed by atoms with van der Waals surface area (Å²) in [5, 5.41) is 5.96. The van der Waals surface area contributed by atoms with Crippen LogP contribution >= 0.6 is 11.3 Å². The SMILES string of the molecule is C[C@H]1c2ccsc2CCN1Cc1nc(-c2cccc(C(F)(F)F)c2)no1. The van der Waals surface area contributed by atoms with Crippen LogP contribution in [0.15, 0.2) is 40.2 Å². The van der Waals surface area contributed by atoms with Gasteiger partial charge in [0.1, 0.15) is 0 Å². The van der Waals surface area contributed by atoms with Gasteiger partial charge in [-0.2, -0.15) is 18.2 Å². The first-order chi connectivity index (χ1) is 12.4. The fourth-order valence-electron chi connectivity index (χ4n) is 3.22. The molecule has 3 heterocycles. The molecule has 0 saturated carbocycles. The van der Waals surface area contributed by atoms with Crippen molar-refractivity contribution in [1.29, 1.82) is 0 Å². The second kappa shape index (κ2) is 6.51. The Morgan fingerprint density at radius 1 is 1.31 bits per heavy atom. The standard InChI is InChI=1S/C18H16F3N3OS/c1-11-14-6-8-26-15(14)5-7-24(11)10-16-22-17(23-25-16)12-3-2-4-13(9-12)18(19,20)21/h2-4,6,8-9,11H,5,7,10H2,1H3/t11-/m0/s1. The predicted octanol–water partition coefficient (Wildman–Crippen LogP) is 4.94. The highest BCUT2D eigenvalue weighted by atomic mass is 32.1.